The van der Waals surface area contributed by atoms with Gasteiger partial charge in [0.25, 0.3) is 0 Å². The van der Waals surface area contributed by atoms with E-state index in [-0.39, 0.29) is 12.6 Å². The van der Waals surface area contributed by atoms with Gasteiger partial charge in [0.2, 0.25) is 0 Å². The molecule has 0 amide bonds. The van der Waals surface area contributed by atoms with Gasteiger partial charge >= 0.3 is 7.82 Å². The zero-order chi connectivity index (χ0) is 11.2. The lowest BCUT2D eigenvalue weighted by atomic mass is 9.91. The summed E-state index contributed by atoms with van der Waals surface area (Å²) in [7, 11) is -2.85. The van der Waals surface area contributed by atoms with Crippen molar-refractivity contribution in [2.75, 3.05) is 6.61 Å². The van der Waals surface area contributed by atoms with Crippen molar-refractivity contribution in [3.05, 3.63) is 0 Å². The van der Waals surface area contributed by atoms with Gasteiger partial charge in [-0.25, -0.2) is 4.57 Å². The minimum absolute atomic E-state index is 0.0157. The van der Waals surface area contributed by atoms with Crippen LogP contribution in [-0.4, -0.2) is 59.8 Å². The van der Waals surface area contributed by atoms with Crippen LogP contribution in [0.3, 0.4) is 0 Å². The summed E-state index contributed by atoms with van der Waals surface area (Å²) in [6, 6.07) is -0.296. The number of rotatable bonds is 2. The second kappa shape index (κ2) is 3.82. The molecular formula is C6H12BO7P. The molecule has 7 nitrogen and oxygen atoms in total. The van der Waals surface area contributed by atoms with Gasteiger partial charge in [0, 0.05) is 0 Å². The Labute approximate surface area is 87.0 Å². The zero-order valence-electron chi connectivity index (χ0n) is 8.02. The number of aliphatic hydroxyl groups excluding tert-OH is 1. The fraction of sp³-hybridized carbons (Fsp3) is 1.00. The smallest absolute Gasteiger partial charge is 0.388 e. The van der Waals surface area contributed by atoms with Crippen LogP contribution in [0.2, 0.25) is 0 Å². The molecule has 3 N–H and O–H groups in total. The molecule has 15 heavy (non-hydrogen) atoms. The molecule has 2 heterocycles. The van der Waals surface area contributed by atoms with Gasteiger partial charge in [0.05, 0.1) is 12.6 Å². The van der Waals surface area contributed by atoms with E-state index in [2.05, 4.69) is 4.52 Å². The van der Waals surface area contributed by atoms with Crippen molar-refractivity contribution in [1.82, 2.24) is 0 Å². The predicted octanol–water partition coefficient (Wildman–Crippen LogP) is -2.42. The van der Waals surface area contributed by atoms with Gasteiger partial charge in [-0.15, -0.1) is 0 Å². The van der Waals surface area contributed by atoms with Gasteiger partial charge in [0.1, 0.15) is 32.3 Å². The second-order valence-corrected chi connectivity index (χ2v) is 4.92. The third-order valence-corrected chi connectivity index (χ3v) is 3.15. The highest BCUT2D eigenvalue weighted by atomic mass is 31.2. The van der Waals surface area contributed by atoms with Crippen LogP contribution in [0.15, 0.2) is 0 Å². The van der Waals surface area contributed by atoms with Crippen molar-refractivity contribution in [2.24, 2.45) is 0 Å². The number of ether oxygens (including phenoxy) is 2. The van der Waals surface area contributed by atoms with Crippen LogP contribution >= 0.6 is 7.82 Å². The lowest BCUT2D eigenvalue weighted by Crippen LogP contribution is -2.49. The number of phosphoric ester groups is 1. The van der Waals surface area contributed by atoms with E-state index in [1.54, 1.807) is 7.85 Å². The highest BCUT2D eigenvalue weighted by Crippen LogP contribution is 2.42. The Balaban J connectivity index is 2.07. The molecule has 2 bridgehead atoms. The van der Waals surface area contributed by atoms with Gasteiger partial charge in [0.15, 0.2) is 0 Å². The molecule has 1 unspecified atom stereocenters. The first-order valence-electron chi connectivity index (χ1n) is 4.57. The Morgan fingerprint density at radius 1 is 1.40 bits per heavy atom. The maximum Gasteiger partial charge on any atom is 0.470 e. The van der Waals surface area contributed by atoms with Crippen molar-refractivity contribution < 1.29 is 33.5 Å². The molecule has 0 saturated carbocycles. The van der Waals surface area contributed by atoms with Gasteiger partial charge < -0.3 is 24.4 Å². The van der Waals surface area contributed by atoms with Gasteiger partial charge in [-0.2, -0.15) is 0 Å². The van der Waals surface area contributed by atoms with E-state index in [1.807, 2.05) is 0 Å². The van der Waals surface area contributed by atoms with Crippen LogP contribution in [0.25, 0.3) is 0 Å². The van der Waals surface area contributed by atoms with Crippen molar-refractivity contribution in [1.29, 1.82) is 0 Å². The molecule has 0 radical (unpaired) electrons. The summed E-state index contributed by atoms with van der Waals surface area (Å²) < 4.78 is 25.6. The average molecular weight is 238 g/mol. The monoisotopic (exact) mass is 238 g/mol. The molecular weight excluding hydrogens is 226 g/mol. The van der Waals surface area contributed by atoms with Gasteiger partial charge in [-0.3, -0.25) is 4.52 Å². The molecule has 0 aromatic heterocycles. The van der Waals surface area contributed by atoms with E-state index in [4.69, 9.17) is 19.3 Å². The van der Waals surface area contributed by atoms with Crippen molar-refractivity contribution >= 4 is 15.7 Å². The Kier molecular flexibility index (Phi) is 2.94. The first-order chi connectivity index (χ1) is 6.88. The molecule has 9 heteroatoms. The number of fused-ring (bicyclic) bond motifs is 2. The normalized spacial score (nSPS) is 45.7. The molecule has 0 aromatic carbocycles. The van der Waals surface area contributed by atoms with Gasteiger partial charge in [-0.05, 0) is 0 Å². The number of hydrogen-bond donors (Lipinski definition) is 3. The van der Waals surface area contributed by atoms with Crippen LogP contribution in [0.5, 0.6) is 0 Å². The average Bonchev–Trinajstić information content (AvgIpc) is 2.26. The second-order valence-electron chi connectivity index (χ2n) is 3.73. The molecule has 2 aliphatic heterocycles. The van der Waals surface area contributed by atoms with E-state index < -0.39 is 32.2 Å². The summed E-state index contributed by atoms with van der Waals surface area (Å²) in [5.41, 5.74) is 0. The number of phosphoric acid groups is 1. The molecule has 2 fully saturated rings. The summed E-state index contributed by atoms with van der Waals surface area (Å²) in [6.07, 6.45) is -3.00. The standard InChI is InChI=1S/C6H12BO7P/c7-6-5-3(8)4(13-6)2(1-12-5)14-15(9,10)11/h2-6,8H,1,7H2,(H2,9,10,11)/t2?,3-,4-,5-,6-/m1/s1. The molecule has 2 saturated heterocycles. The van der Waals surface area contributed by atoms with E-state index in [0.29, 0.717) is 0 Å². The highest BCUT2D eigenvalue weighted by molar-refractivity contribution is 7.46. The van der Waals surface area contributed by atoms with Crippen LogP contribution < -0.4 is 0 Å². The van der Waals surface area contributed by atoms with Crippen LogP contribution in [0.1, 0.15) is 0 Å². The van der Waals surface area contributed by atoms with E-state index in [0.717, 1.165) is 0 Å². The predicted molar refractivity (Wildman–Crippen MR) is 49.9 cm³/mol. The van der Waals surface area contributed by atoms with Crippen LogP contribution in [0, 0.1) is 0 Å². The Hall–Kier alpha value is 0.0549. The molecule has 2 aliphatic rings. The van der Waals surface area contributed by atoms with E-state index in [9.17, 15) is 9.67 Å². The van der Waals surface area contributed by atoms with Crippen molar-refractivity contribution in [3.8, 4) is 0 Å². The van der Waals surface area contributed by atoms with Gasteiger partial charge in [-0.1, -0.05) is 0 Å². The molecule has 0 aliphatic carbocycles. The molecule has 86 valence electrons. The summed E-state index contributed by atoms with van der Waals surface area (Å²) in [5, 5.41) is 9.66. The third-order valence-electron chi connectivity index (χ3n) is 2.60. The van der Waals surface area contributed by atoms with E-state index in [1.165, 1.54) is 0 Å². The lowest BCUT2D eigenvalue weighted by molar-refractivity contribution is -0.122. The SMILES string of the molecule is B[C@@H]1O[C@@H]2C(OP(=O)(O)O)CO[C@@H]1[C@@H]2O. The largest absolute Gasteiger partial charge is 0.470 e. The van der Waals surface area contributed by atoms with Crippen molar-refractivity contribution in [3.63, 3.8) is 0 Å². The summed E-state index contributed by atoms with van der Waals surface area (Å²) >= 11 is 0. The first kappa shape index (κ1) is 11.5. The minimum Gasteiger partial charge on any atom is -0.388 e. The lowest BCUT2D eigenvalue weighted by Gasteiger charge is -2.31. The zero-order valence-corrected chi connectivity index (χ0v) is 8.91. The summed E-state index contributed by atoms with van der Waals surface area (Å²) in [5.74, 6) is 0. The minimum atomic E-state index is -4.58. The van der Waals surface area contributed by atoms with Crippen LogP contribution in [0.4, 0.5) is 0 Å². The molecule has 5 atom stereocenters. The van der Waals surface area contributed by atoms with Crippen molar-refractivity contribution in [2.45, 2.75) is 30.4 Å². The third kappa shape index (κ3) is 2.26. The fourth-order valence-corrected chi connectivity index (χ4v) is 2.51. The topological polar surface area (TPSA) is 105 Å². The molecule has 2 rings (SSSR count). The summed E-state index contributed by atoms with van der Waals surface area (Å²) in [6.45, 7) is 0.0157. The Bertz CT molecular complexity index is 293. The molecule has 0 aromatic rings. The first-order valence-corrected chi connectivity index (χ1v) is 6.10. The number of aliphatic hydroxyl groups is 1. The Morgan fingerprint density at radius 2 is 2.07 bits per heavy atom. The maximum atomic E-state index is 10.6. The quantitative estimate of drug-likeness (QED) is 0.363. The van der Waals surface area contributed by atoms with E-state index >= 15 is 0 Å². The van der Waals surface area contributed by atoms with Crippen LogP contribution in [-0.2, 0) is 18.6 Å². The summed E-state index contributed by atoms with van der Waals surface area (Å²) in [4.78, 5) is 17.3. The number of hydrogen-bond acceptors (Lipinski definition) is 5. The molecule has 0 spiro atoms. The fourth-order valence-electron chi connectivity index (χ4n) is 1.98. The maximum absolute atomic E-state index is 10.6. The highest BCUT2D eigenvalue weighted by Gasteiger charge is 2.51. The Morgan fingerprint density at radius 3 is 2.67 bits per heavy atom.